The number of ether oxygens (including phenoxy) is 1. The van der Waals surface area contributed by atoms with Crippen molar-refractivity contribution in [3.05, 3.63) is 24.3 Å². The molecule has 0 aromatic carbocycles. The zero-order valence-electron chi connectivity index (χ0n) is 14.8. The molecule has 2 rings (SSSR count). The normalized spacial score (nSPS) is 37.5. The van der Waals surface area contributed by atoms with E-state index in [4.69, 9.17) is 4.74 Å². The van der Waals surface area contributed by atoms with Crippen LogP contribution in [0.4, 0.5) is 0 Å². The summed E-state index contributed by atoms with van der Waals surface area (Å²) in [6.07, 6.45) is 14.2. The Hall–Kier alpha value is -1.13. The van der Waals surface area contributed by atoms with Gasteiger partial charge in [-0.15, -0.1) is 0 Å². The molecular formula is C20H32O4. The summed E-state index contributed by atoms with van der Waals surface area (Å²) in [5, 5.41) is 20.5. The number of cyclic esters (lactones) is 1. The highest BCUT2D eigenvalue weighted by atomic mass is 16.5. The van der Waals surface area contributed by atoms with Crippen LogP contribution >= 0.6 is 0 Å². The molecule has 4 nitrogen and oxygen atoms in total. The molecule has 2 aliphatic rings. The average Bonchev–Trinajstić information content (AvgIpc) is 2.81. The van der Waals surface area contributed by atoms with E-state index in [1.807, 2.05) is 12.2 Å². The van der Waals surface area contributed by atoms with Crippen molar-refractivity contribution in [3.8, 4) is 0 Å². The fourth-order valence-electron chi connectivity index (χ4n) is 3.71. The van der Waals surface area contributed by atoms with Crippen LogP contribution in [0.5, 0.6) is 0 Å². The summed E-state index contributed by atoms with van der Waals surface area (Å²) < 4.78 is 5.63. The lowest BCUT2D eigenvalue weighted by atomic mass is 9.89. The van der Waals surface area contributed by atoms with Crippen LogP contribution in [-0.4, -0.2) is 34.5 Å². The summed E-state index contributed by atoms with van der Waals surface area (Å²) in [5.74, 6) is -0.171. The minimum atomic E-state index is -0.522. The number of rotatable bonds is 4. The van der Waals surface area contributed by atoms with Crippen LogP contribution in [0.1, 0.15) is 64.7 Å². The number of aliphatic hydroxyl groups excluding tert-OH is 2. The lowest BCUT2D eigenvalue weighted by Crippen LogP contribution is -2.21. The molecule has 0 aromatic heterocycles. The van der Waals surface area contributed by atoms with Crippen LogP contribution in [0.25, 0.3) is 0 Å². The summed E-state index contributed by atoms with van der Waals surface area (Å²) >= 11 is 0. The van der Waals surface area contributed by atoms with Gasteiger partial charge in [0.25, 0.3) is 0 Å². The number of hydrogen-bond donors (Lipinski definition) is 2. The number of esters is 1. The third-order valence-corrected chi connectivity index (χ3v) is 5.17. The fourth-order valence-corrected chi connectivity index (χ4v) is 3.71. The van der Waals surface area contributed by atoms with E-state index in [9.17, 15) is 15.0 Å². The van der Waals surface area contributed by atoms with Crippen molar-refractivity contribution in [2.24, 2.45) is 11.8 Å². The maximum absolute atomic E-state index is 12.0. The monoisotopic (exact) mass is 336 g/mol. The highest BCUT2D eigenvalue weighted by Crippen LogP contribution is 2.36. The molecule has 5 atom stereocenters. The first-order valence-electron chi connectivity index (χ1n) is 9.50. The van der Waals surface area contributed by atoms with Gasteiger partial charge in [0.15, 0.2) is 0 Å². The first-order valence-corrected chi connectivity index (χ1v) is 9.50. The van der Waals surface area contributed by atoms with Gasteiger partial charge in [-0.25, -0.2) is 0 Å². The molecule has 0 aromatic rings. The van der Waals surface area contributed by atoms with Gasteiger partial charge in [0.2, 0.25) is 0 Å². The molecule has 0 unspecified atom stereocenters. The summed E-state index contributed by atoms with van der Waals surface area (Å²) in [7, 11) is 0. The van der Waals surface area contributed by atoms with Gasteiger partial charge in [-0.2, -0.15) is 0 Å². The molecule has 0 spiro atoms. The molecule has 1 aliphatic carbocycles. The zero-order valence-corrected chi connectivity index (χ0v) is 14.8. The van der Waals surface area contributed by atoms with E-state index in [1.165, 1.54) is 0 Å². The quantitative estimate of drug-likeness (QED) is 0.468. The Labute approximate surface area is 145 Å². The van der Waals surface area contributed by atoms with Crippen LogP contribution in [0.2, 0.25) is 0 Å². The number of carbonyl (C=O) groups excluding carboxylic acids is 1. The highest BCUT2D eigenvalue weighted by Gasteiger charge is 2.39. The van der Waals surface area contributed by atoms with E-state index >= 15 is 0 Å². The molecule has 24 heavy (non-hydrogen) atoms. The lowest BCUT2D eigenvalue weighted by Gasteiger charge is -2.20. The predicted octanol–water partition coefficient (Wildman–Crippen LogP) is 3.52. The molecular weight excluding hydrogens is 304 g/mol. The van der Waals surface area contributed by atoms with E-state index in [2.05, 4.69) is 19.1 Å². The first kappa shape index (κ1) is 19.2. The van der Waals surface area contributed by atoms with Crippen LogP contribution in [-0.2, 0) is 9.53 Å². The maximum atomic E-state index is 12.0. The Balaban J connectivity index is 2.10. The van der Waals surface area contributed by atoms with E-state index in [1.54, 1.807) is 0 Å². The molecule has 2 N–H and O–H groups in total. The van der Waals surface area contributed by atoms with Crippen molar-refractivity contribution < 1.29 is 19.7 Å². The zero-order chi connectivity index (χ0) is 17.4. The largest absolute Gasteiger partial charge is 0.458 e. The van der Waals surface area contributed by atoms with Crippen molar-refractivity contribution in [1.29, 1.82) is 0 Å². The summed E-state index contributed by atoms with van der Waals surface area (Å²) in [4.78, 5) is 12.0. The molecule has 1 heterocycles. The molecule has 4 heteroatoms. The number of hydrogen-bond acceptors (Lipinski definition) is 4. The van der Waals surface area contributed by atoms with E-state index in [0.29, 0.717) is 12.8 Å². The predicted molar refractivity (Wildman–Crippen MR) is 94.4 cm³/mol. The number of unbranched alkanes of at least 4 members (excludes halogenated alkanes) is 2. The molecule has 1 aliphatic heterocycles. The smallest absolute Gasteiger partial charge is 0.306 e. The Bertz CT molecular complexity index is 443. The molecule has 0 saturated heterocycles. The van der Waals surface area contributed by atoms with Crippen molar-refractivity contribution >= 4 is 5.97 Å². The topological polar surface area (TPSA) is 66.8 Å². The average molecular weight is 336 g/mol. The lowest BCUT2D eigenvalue weighted by molar-refractivity contribution is -0.147. The first-order chi connectivity index (χ1) is 11.6. The standard InChI is InChI=1S/C20H32O4/c1-2-3-6-9-15-12-13-17-16(18(21)14-19(17)22)10-7-4-5-8-11-20(23)24-15/h4,7,12-13,15-19,21-22H,2-3,5-6,8-11,14H2,1H3/b7-4-,13-12+/t15-,16+,17+,18-,19+/m0/s1. The van der Waals surface area contributed by atoms with Gasteiger partial charge in [0.05, 0.1) is 12.2 Å². The molecule has 0 bridgehead atoms. The van der Waals surface area contributed by atoms with Gasteiger partial charge in [0.1, 0.15) is 6.10 Å². The van der Waals surface area contributed by atoms with Crippen LogP contribution in [0.3, 0.4) is 0 Å². The second-order valence-electron chi connectivity index (χ2n) is 7.12. The summed E-state index contributed by atoms with van der Waals surface area (Å²) in [5.41, 5.74) is 0. The Morgan fingerprint density at radius 2 is 2.00 bits per heavy atom. The highest BCUT2D eigenvalue weighted by molar-refractivity contribution is 5.69. The van der Waals surface area contributed by atoms with E-state index in [0.717, 1.165) is 44.9 Å². The van der Waals surface area contributed by atoms with Crippen LogP contribution in [0, 0.1) is 11.8 Å². The SMILES string of the molecule is CCCCC[C@H]1/C=C/[C@@H]2[C@@H](C/C=C\CCCC(=O)O1)[C@@H](O)C[C@H]2O. The summed E-state index contributed by atoms with van der Waals surface area (Å²) in [6, 6.07) is 0. The molecule has 0 radical (unpaired) electrons. The third kappa shape index (κ3) is 5.75. The fraction of sp³-hybridized carbons (Fsp3) is 0.750. The minimum Gasteiger partial charge on any atom is -0.458 e. The van der Waals surface area contributed by atoms with Gasteiger partial charge in [0, 0.05) is 18.8 Å². The molecule has 1 fully saturated rings. The van der Waals surface area contributed by atoms with Crippen molar-refractivity contribution in [1.82, 2.24) is 0 Å². The second-order valence-corrected chi connectivity index (χ2v) is 7.12. The number of aliphatic hydroxyl groups is 2. The van der Waals surface area contributed by atoms with Gasteiger partial charge in [-0.05, 0) is 44.1 Å². The van der Waals surface area contributed by atoms with Gasteiger partial charge < -0.3 is 14.9 Å². The maximum Gasteiger partial charge on any atom is 0.306 e. The van der Waals surface area contributed by atoms with Gasteiger partial charge in [-0.1, -0.05) is 38.0 Å². The van der Waals surface area contributed by atoms with Crippen molar-refractivity contribution in [2.75, 3.05) is 0 Å². The Kier molecular flexibility index (Phi) is 8.00. The number of fused-ring (bicyclic) bond motifs is 1. The van der Waals surface area contributed by atoms with Crippen molar-refractivity contribution in [3.63, 3.8) is 0 Å². The Morgan fingerprint density at radius 1 is 1.17 bits per heavy atom. The van der Waals surface area contributed by atoms with Gasteiger partial charge >= 0.3 is 5.97 Å². The van der Waals surface area contributed by atoms with E-state index in [-0.39, 0.29) is 23.9 Å². The third-order valence-electron chi connectivity index (χ3n) is 5.17. The van der Waals surface area contributed by atoms with Gasteiger partial charge in [-0.3, -0.25) is 4.79 Å². The number of allylic oxidation sites excluding steroid dienone is 2. The minimum absolute atomic E-state index is 0.0419. The van der Waals surface area contributed by atoms with Crippen molar-refractivity contribution in [2.45, 2.75) is 83.0 Å². The molecule has 136 valence electrons. The molecule has 0 amide bonds. The second kappa shape index (κ2) is 10.00. The summed E-state index contributed by atoms with van der Waals surface area (Å²) in [6.45, 7) is 2.15. The van der Waals surface area contributed by atoms with Crippen LogP contribution in [0.15, 0.2) is 24.3 Å². The van der Waals surface area contributed by atoms with Crippen LogP contribution < -0.4 is 0 Å². The van der Waals surface area contributed by atoms with E-state index < -0.39 is 12.2 Å². The number of carbonyl (C=O) groups is 1. The molecule has 1 saturated carbocycles. The Morgan fingerprint density at radius 3 is 2.79 bits per heavy atom.